The Labute approximate surface area is 149 Å². The number of benzene rings is 1. The Balaban J connectivity index is 0.000000326. The summed E-state index contributed by atoms with van der Waals surface area (Å²) in [5.41, 5.74) is 0.121. The van der Waals surface area contributed by atoms with Crippen LogP contribution in [-0.4, -0.2) is 18.6 Å². The molecule has 1 aliphatic heterocycles. The molecule has 0 spiro atoms. The number of nitrogens with zero attached hydrogens (tertiary/aromatic N) is 1. The number of rotatable bonds is 2. The van der Waals surface area contributed by atoms with Gasteiger partial charge in [-0.25, -0.2) is 0 Å². The summed E-state index contributed by atoms with van der Waals surface area (Å²) in [6.07, 6.45) is -1.39. The second-order valence-corrected chi connectivity index (χ2v) is 7.23. The molecule has 0 aromatic heterocycles. The van der Waals surface area contributed by atoms with Gasteiger partial charge in [0.05, 0.1) is 5.41 Å². The Hall–Kier alpha value is -1.52. The van der Waals surface area contributed by atoms with Crippen molar-refractivity contribution in [1.82, 2.24) is 0 Å². The lowest BCUT2D eigenvalue weighted by Gasteiger charge is -2.21. The van der Waals surface area contributed by atoms with Gasteiger partial charge in [0.15, 0.2) is 0 Å². The molecule has 1 heterocycles. The van der Waals surface area contributed by atoms with Crippen LogP contribution in [-0.2, 0) is 10.2 Å². The summed E-state index contributed by atoms with van der Waals surface area (Å²) in [7, 11) is 0. The first-order chi connectivity index (χ1) is 11.5. The van der Waals surface area contributed by atoms with Crippen LogP contribution in [0.1, 0.15) is 59.9 Å². The van der Waals surface area contributed by atoms with Crippen molar-refractivity contribution in [3.05, 3.63) is 29.8 Å². The summed E-state index contributed by atoms with van der Waals surface area (Å²) >= 11 is 0. The molecule has 0 N–H and O–H groups in total. The van der Waals surface area contributed by atoms with Crippen molar-refractivity contribution >= 4 is 11.6 Å². The van der Waals surface area contributed by atoms with Crippen molar-refractivity contribution < 1.29 is 18.0 Å². The van der Waals surface area contributed by atoms with E-state index in [4.69, 9.17) is 0 Å². The quantitative estimate of drug-likeness (QED) is 0.640. The van der Waals surface area contributed by atoms with Crippen LogP contribution in [0.25, 0.3) is 0 Å². The normalized spacial score (nSPS) is 18.2. The van der Waals surface area contributed by atoms with Gasteiger partial charge in [0.1, 0.15) is 6.54 Å². The molecule has 5 heteroatoms. The van der Waals surface area contributed by atoms with Gasteiger partial charge in [-0.2, -0.15) is 13.2 Å². The monoisotopic (exact) mass is 357 g/mol. The summed E-state index contributed by atoms with van der Waals surface area (Å²) in [6, 6.07) is 6.61. The van der Waals surface area contributed by atoms with Gasteiger partial charge in [-0.05, 0) is 50.2 Å². The Morgan fingerprint density at radius 2 is 1.68 bits per heavy atom. The fourth-order valence-electron chi connectivity index (χ4n) is 2.90. The third-order valence-electron chi connectivity index (χ3n) is 4.55. The topological polar surface area (TPSA) is 20.3 Å². The third kappa shape index (κ3) is 5.48. The molecule has 0 bridgehead atoms. The van der Waals surface area contributed by atoms with Gasteiger partial charge in [-0.15, -0.1) is 0 Å². The van der Waals surface area contributed by atoms with Crippen LogP contribution in [0.4, 0.5) is 18.9 Å². The van der Waals surface area contributed by atoms with Crippen LogP contribution in [0.15, 0.2) is 24.3 Å². The average molecular weight is 357 g/mol. The van der Waals surface area contributed by atoms with Crippen molar-refractivity contribution in [3.8, 4) is 0 Å². The number of anilines is 1. The first-order valence-electron chi connectivity index (χ1n) is 9.02. The lowest BCUT2D eigenvalue weighted by molar-refractivity contribution is -0.134. The van der Waals surface area contributed by atoms with Gasteiger partial charge in [-0.3, -0.25) is 4.79 Å². The van der Waals surface area contributed by atoms with Gasteiger partial charge in [0, 0.05) is 5.69 Å². The molecule has 0 radical (unpaired) electrons. The van der Waals surface area contributed by atoms with Gasteiger partial charge < -0.3 is 4.90 Å². The number of hydrogen-bond donors (Lipinski definition) is 0. The maximum atomic E-state index is 12.4. The fraction of sp³-hybridized carbons (Fsp3) is 0.650. The second kappa shape index (κ2) is 8.24. The summed E-state index contributed by atoms with van der Waals surface area (Å²) in [6.45, 7) is 10.7. The lowest BCUT2D eigenvalue weighted by atomic mass is 9.86. The molecule has 3 rings (SSSR count). The van der Waals surface area contributed by atoms with E-state index in [1.54, 1.807) is 38.1 Å². The van der Waals surface area contributed by atoms with E-state index >= 15 is 0 Å². The summed E-state index contributed by atoms with van der Waals surface area (Å²) < 4.78 is 37.3. The molecule has 1 aromatic carbocycles. The Morgan fingerprint density at radius 3 is 2.08 bits per heavy atom. The maximum Gasteiger partial charge on any atom is 0.406 e. The highest BCUT2D eigenvalue weighted by atomic mass is 19.4. The van der Waals surface area contributed by atoms with Crippen molar-refractivity contribution in [2.45, 2.75) is 66.0 Å². The summed E-state index contributed by atoms with van der Waals surface area (Å²) in [4.78, 5) is 12.8. The number of hydrogen-bond acceptors (Lipinski definition) is 1. The van der Waals surface area contributed by atoms with Gasteiger partial charge in [0.25, 0.3) is 0 Å². The van der Waals surface area contributed by atoms with E-state index in [2.05, 4.69) is 13.8 Å². The molecule has 0 saturated heterocycles. The third-order valence-corrected chi connectivity index (χ3v) is 4.55. The Bertz CT molecular complexity index is 575. The predicted octanol–water partition coefficient (Wildman–Crippen LogP) is 5.95. The van der Waals surface area contributed by atoms with E-state index < -0.39 is 24.0 Å². The fourth-order valence-corrected chi connectivity index (χ4v) is 2.90. The molecule has 1 amide bonds. The molecular formula is C20H30F3NO. The first-order valence-corrected chi connectivity index (χ1v) is 9.02. The molecule has 1 aliphatic carbocycles. The minimum atomic E-state index is -4.39. The molecule has 25 heavy (non-hydrogen) atoms. The molecular weight excluding hydrogens is 327 g/mol. The molecule has 1 aromatic rings. The molecule has 142 valence electrons. The van der Waals surface area contributed by atoms with Crippen LogP contribution < -0.4 is 4.90 Å². The van der Waals surface area contributed by atoms with E-state index in [1.807, 2.05) is 13.8 Å². The summed E-state index contributed by atoms with van der Waals surface area (Å²) in [5, 5.41) is 0. The van der Waals surface area contributed by atoms with E-state index in [1.165, 1.54) is 12.8 Å². The van der Waals surface area contributed by atoms with Crippen molar-refractivity contribution in [2.24, 2.45) is 11.8 Å². The number of para-hydroxylation sites is 1. The van der Waals surface area contributed by atoms with E-state index in [0.29, 0.717) is 11.3 Å². The molecule has 2 nitrogen and oxygen atoms in total. The predicted molar refractivity (Wildman–Crippen MR) is 96.8 cm³/mol. The van der Waals surface area contributed by atoms with E-state index in [0.717, 1.165) is 16.7 Å². The molecule has 2 aliphatic rings. The number of carbonyl (C=O) groups is 1. The van der Waals surface area contributed by atoms with Crippen molar-refractivity contribution in [2.75, 3.05) is 11.4 Å². The Morgan fingerprint density at radius 1 is 1.16 bits per heavy atom. The highest BCUT2D eigenvalue weighted by Gasteiger charge is 2.47. The lowest BCUT2D eigenvalue weighted by Crippen LogP contribution is -2.41. The number of fused-ring (bicyclic) bond motifs is 1. The van der Waals surface area contributed by atoms with Gasteiger partial charge in [-0.1, -0.05) is 45.9 Å². The number of carbonyl (C=O) groups excluding carboxylic acids is 1. The van der Waals surface area contributed by atoms with Crippen LogP contribution in [0.3, 0.4) is 0 Å². The second-order valence-electron chi connectivity index (χ2n) is 7.23. The number of amides is 1. The average Bonchev–Trinajstić information content (AvgIpc) is 3.36. The SMILES string of the molecule is CC.CC(C)C1CC1.CC1(C)C(=O)N(CC(F)(F)F)c2ccccc21. The van der Waals surface area contributed by atoms with Crippen LogP contribution >= 0.6 is 0 Å². The standard InChI is InChI=1S/C12H12F3NO.C6H12.C2H6/c1-11(2)8-5-3-4-6-9(8)16(10(11)17)7-12(13,14)15;1-5(2)6-3-4-6;1-2/h3-6H,7H2,1-2H3;5-6H,3-4H2,1-2H3;1-2H3. The number of alkyl halides is 3. The van der Waals surface area contributed by atoms with E-state index in [-0.39, 0.29) is 0 Å². The zero-order valence-corrected chi connectivity index (χ0v) is 16.1. The van der Waals surface area contributed by atoms with Crippen molar-refractivity contribution in [1.29, 1.82) is 0 Å². The minimum Gasteiger partial charge on any atom is -0.302 e. The smallest absolute Gasteiger partial charge is 0.302 e. The highest BCUT2D eigenvalue weighted by molar-refractivity contribution is 6.07. The Kier molecular flexibility index (Phi) is 7.09. The van der Waals surface area contributed by atoms with Crippen LogP contribution in [0, 0.1) is 11.8 Å². The molecule has 0 atom stereocenters. The zero-order chi connectivity index (χ0) is 19.4. The maximum absolute atomic E-state index is 12.4. The molecule has 1 fully saturated rings. The zero-order valence-electron chi connectivity index (χ0n) is 16.1. The number of halogens is 3. The highest BCUT2D eigenvalue weighted by Crippen LogP contribution is 2.42. The van der Waals surface area contributed by atoms with Gasteiger partial charge in [0.2, 0.25) is 5.91 Å². The van der Waals surface area contributed by atoms with E-state index in [9.17, 15) is 18.0 Å². The minimum absolute atomic E-state index is 0.361. The van der Waals surface area contributed by atoms with Gasteiger partial charge >= 0.3 is 6.18 Å². The summed E-state index contributed by atoms with van der Waals surface area (Å²) in [5.74, 6) is 1.56. The molecule has 0 unspecified atom stereocenters. The van der Waals surface area contributed by atoms with Crippen LogP contribution in [0.5, 0.6) is 0 Å². The molecule has 1 saturated carbocycles. The van der Waals surface area contributed by atoms with Crippen LogP contribution in [0.2, 0.25) is 0 Å². The van der Waals surface area contributed by atoms with Crippen molar-refractivity contribution in [3.63, 3.8) is 0 Å². The largest absolute Gasteiger partial charge is 0.406 e. The first kappa shape index (κ1) is 21.5.